The molecule has 0 saturated carbocycles. The minimum Gasteiger partial charge on any atom is -0.455 e. The van der Waals surface area contributed by atoms with Crippen LogP contribution in [0.4, 0.5) is 11.4 Å². The number of hydrogen-bond donors (Lipinski definition) is 4. The molecular weight excluding hydrogens is 807 g/mol. The van der Waals surface area contributed by atoms with Gasteiger partial charge < -0.3 is 25.1 Å². The lowest BCUT2D eigenvalue weighted by Gasteiger charge is -2.36. The van der Waals surface area contributed by atoms with Gasteiger partial charge in [-0.25, -0.2) is 18.1 Å². The number of anilines is 1. The Kier molecular flexibility index (Phi) is 12.2. The van der Waals surface area contributed by atoms with Crippen molar-refractivity contribution in [3.63, 3.8) is 0 Å². The number of ether oxygens (including phenoxy) is 2. The second-order valence-electron chi connectivity index (χ2n) is 16.5. The van der Waals surface area contributed by atoms with Gasteiger partial charge in [-0.3, -0.25) is 19.8 Å². The van der Waals surface area contributed by atoms with Crippen molar-refractivity contribution in [1.29, 1.82) is 0 Å². The summed E-state index contributed by atoms with van der Waals surface area (Å²) in [5, 5.41) is 19.4. The smallest absolute Gasteiger partial charge is 0.293 e. The molecule has 0 radical (unpaired) electrons. The highest BCUT2D eigenvalue weighted by atomic mass is 32.2. The maximum atomic E-state index is 14.0. The molecule has 1 aliphatic carbocycles. The van der Waals surface area contributed by atoms with E-state index < -0.39 is 31.4 Å². The van der Waals surface area contributed by atoms with Gasteiger partial charge in [-0.05, 0) is 135 Å². The van der Waals surface area contributed by atoms with Crippen molar-refractivity contribution in [2.45, 2.75) is 68.3 Å². The largest absolute Gasteiger partial charge is 0.455 e. The Bertz CT molecular complexity index is 2650. The maximum Gasteiger partial charge on any atom is 0.293 e. The van der Waals surface area contributed by atoms with Crippen molar-refractivity contribution in [3.05, 3.63) is 130 Å². The third-order valence-electron chi connectivity index (χ3n) is 12.7. The molecule has 5 heterocycles. The lowest BCUT2D eigenvalue weighted by atomic mass is 9.87. The Hall–Kier alpha value is -5.87. The molecule has 62 heavy (non-hydrogen) atoms. The summed E-state index contributed by atoms with van der Waals surface area (Å²) in [6, 6.07) is 22.1. The summed E-state index contributed by atoms with van der Waals surface area (Å²) >= 11 is 0. The van der Waals surface area contributed by atoms with Crippen LogP contribution in [-0.4, -0.2) is 79.6 Å². The molecule has 9 rings (SSSR count). The van der Waals surface area contributed by atoms with Crippen LogP contribution in [0.1, 0.15) is 84.5 Å². The molecule has 2 unspecified atom stereocenters. The number of fused-ring (bicyclic) bond motifs is 1. The molecule has 15 heteroatoms. The first kappa shape index (κ1) is 41.5. The number of aromatic amines is 1. The van der Waals surface area contributed by atoms with Gasteiger partial charge in [0.15, 0.2) is 0 Å². The van der Waals surface area contributed by atoms with Crippen LogP contribution < -0.4 is 20.1 Å². The Morgan fingerprint density at radius 3 is 2.66 bits per heavy atom. The fourth-order valence-corrected chi connectivity index (χ4v) is 10.4. The molecule has 0 bridgehead atoms. The molecule has 4 aliphatic rings. The highest BCUT2D eigenvalue weighted by Crippen LogP contribution is 2.42. The van der Waals surface area contributed by atoms with E-state index in [1.165, 1.54) is 35.0 Å². The molecule has 2 aromatic heterocycles. The Balaban J connectivity index is 0.952. The monoisotopic (exact) mass is 857 g/mol. The number of sulfonamides is 1. The molecule has 322 valence electrons. The SMILES string of the molecule is O=C(NS(=O)(=O)c1ccc(NCC2CCOCC2)c([N+](=O)[O-])c1)c1ccc(C2=CCC(N3CCCC3c3ccccc3C3=CCNCC3)CC2)cc1Oc1cnc2[nH]ccc2c1. The number of nitrogens with one attached hydrogen (secondary N) is 4. The van der Waals surface area contributed by atoms with Crippen LogP contribution in [0.3, 0.4) is 0 Å². The zero-order chi connectivity index (χ0) is 42.6. The molecular formula is C47H51N7O7S. The summed E-state index contributed by atoms with van der Waals surface area (Å²) in [6.07, 6.45) is 15.6. The average molecular weight is 858 g/mol. The number of amides is 1. The predicted molar refractivity (Wildman–Crippen MR) is 239 cm³/mol. The normalized spacial score (nSPS) is 20.1. The van der Waals surface area contributed by atoms with E-state index in [0.717, 1.165) is 93.6 Å². The van der Waals surface area contributed by atoms with Crippen LogP contribution >= 0.6 is 0 Å². The van der Waals surface area contributed by atoms with Crippen LogP contribution in [0.5, 0.6) is 11.5 Å². The molecule has 2 saturated heterocycles. The first-order chi connectivity index (χ1) is 30.2. The minimum atomic E-state index is -4.55. The van der Waals surface area contributed by atoms with Gasteiger partial charge in [0.1, 0.15) is 22.8 Å². The van der Waals surface area contributed by atoms with Crippen molar-refractivity contribution in [2.75, 3.05) is 44.7 Å². The van der Waals surface area contributed by atoms with Gasteiger partial charge in [0.2, 0.25) is 0 Å². The molecule has 0 spiro atoms. The molecule has 3 aliphatic heterocycles. The van der Waals surface area contributed by atoms with Crippen LogP contribution in [0.2, 0.25) is 0 Å². The topological polar surface area (TPSA) is 181 Å². The number of nitro groups is 1. The number of nitro benzene ring substituents is 1. The van der Waals surface area contributed by atoms with Gasteiger partial charge in [0, 0.05) is 56.0 Å². The van der Waals surface area contributed by atoms with Crippen LogP contribution in [0, 0.1) is 16.0 Å². The van der Waals surface area contributed by atoms with Gasteiger partial charge in [0.05, 0.1) is 21.6 Å². The van der Waals surface area contributed by atoms with E-state index in [9.17, 15) is 23.3 Å². The van der Waals surface area contributed by atoms with Crippen molar-refractivity contribution < 1.29 is 27.6 Å². The highest BCUT2D eigenvalue weighted by molar-refractivity contribution is 7.90. The van der Waals surface area contributed by atoms with Gasteiger partial charge in [-0.1, -0.05) is 42.5 Å². The number of pyridine rings is 1. The summed E-state index contributed by atoms with van der Waals surface area (Å²) in [7, 11) is -4.55. The van der Waals surface area contributed by atoms with E-state index in [-0.39, 0.29) is 22.9 Å². The fourth-order valence-electron chi connectivity index (χ4n) is 9.41. The molecule has 4 N–H and O–H groups in total. The molecule has 14 nitrogen and oxygen atoms in total. The van der Waals surface area contributed by atoms with E-state index >= 15 is 0 Å². The number of hydrogen-bond acceptors (Lipinski definition) is 11. The number of H-pyrrole nitrogens is 1. The van der Waals surface area contributed by atoms with E-state index in [0.29, 0.717) is 43.2 Å². The number of carbonyl (C=O) groups is 1. The number of nitrogens with zero attached hydrogens (tertiary/aromatic N) is 3. The predicted octanol–water partition coefficient (Wildman–Crippen LogP) is 8.37. The van der Waals surface area contributed by atoms with E-state index in [4.69, 9.17) is 9.47 Å². The van der Waals surface area contributed by atoms with Crippen LogP contribution in [-0.2, 0) is 14.8 Å². The Morgan fingerprint density at radius 2 is 1.85 bits per heavy atom. The minimum absolute atomic E-state index is 0.0209. The number of allylic oxidation sites excluding steroid dienone is 1. The number of carbonyl (C=O) groups excluding carboxylic acids is 1. The van der Waals surface area contributed by atoms with E-state index in [2.05, 4.69) is 66.6 Å². The maximum absolute atomic E-state index is 14.0. The van der Waals surface area contributed by atoms with Gasteiger partial charge in [0.25, 0.3) is 21.6 Å². The average Bonchev–Trinajstić information content (AvgIpc) is 3.99. The van der Waals surface area contributed by atoms with Crippen LogP contribution in [0.25, 0.3) is 22.2 Å². The lowest BCUT2D eigenvalue weighted by molar-refractivity contribution is -0.384. The summed E-state index contributed by atoms with van der Waals surface area (Å²) in [6.45, 7) is 4.71. The standard InChI is InChI=1S/C47H51N7O7S/c55-47(52-62(58,59)38-12-14-42(44(28-38)54(56)57)50-29-31-18-24-60-25-19-31)41-13-9-34(27-45(41)61-37-26-35-17-22-49-46(35)51-30-37)32-7-10-36(11-8-32)53-23-3-6-43(53)40-5-2-1-4-39(40)33-15-20-48-21-16-33/h1-2,4-5,7,9,12-15,17,22,26-28,30-31,36,43,48,50H,3,6,8,10-11,16,18-21,23-25,29H2,(H,49,51)(H,52,55). The zero-order valence-electron chi connectivity index (χ0n) is 34.5. The first-order valence-corrected chi connectivity index (χ1v) is 23.0. The van der Waals surface area contributed by atoms with E-state index in [1.807, 2.05) is 12.1 Å². The molecule has 5 aromatic rings. The summed E-state index contributed by atoms with van der Waals surface area (Å²) in [4.78, 5) is 35.2. The molecule has 2 fully saturated rings. The third-order valence-corrected chi connectivity index (χ3v) is 14.0. The fraction of sp³-hybridized carbons (Fsp3) is 0.362. The molecule has 2 atom stereocenters. The number of benzene rings is 3. The quantitative estimate of drug-likeness (QED) is 0.0660. The first-order valence-electron chi connectivity index (χ1n) is 21.6. The van der Waals surface area contributed by atoms with Crippen LogP contribution in [0.15, 0.2) is 102 Å². The van der Waals surface area contributed by atoms with Gasteiger partial charge in [-0.15, -0.1) is 0 Å². The Morgan fingerprint density at radius 1 is 0.984 bits per heavy atom. The lowest BCUT2D eigenvalue weighted by Crippen LogP contribution is -2.36. The highest BCUT2D eigenvalue weighted by Gasteiger charge is 2.34. The van der Waals surface area contributed by atoms with Crippen molar-refractivity contribution in [1.82, 2.24) is 24.9 Å². The number of aromatic nitrogens is 2. The second kappa shape index (κ2) is 18.2. The Labute approximate surface area is 361 Å². The van der Waals surface area contributed by atoms with E-state index in [1.54, 1.807) is 24.4 Å². The van der Waals surface area contributed by atoms with Gasteiger partial charge >= 0.3 is 0 Å². The number of rotatable bonds is 13. The third kappa shape index (κ3) is 9.02. The summed E-state index contributed by atoms with van der Waals surface area (Å²) in [5.74, 6) is -0.148. The summed E-state index contributed by atoms with van der Waals surface area (Å²) in [5.41, 5.74) is 6.67. The van der Waals surface area contributed by atoms with Gasteiger partial charge in [-0.2, -0.15) is 0 Å². The number of likely N-dealkylation sites (tertiary alicyclic amines) is 1. The summed E-state index contributed by atoms with van der Waals surface area (Å²) < 4.78 is 41.3. The van der Waals surface area contributed by atoms with Crippen molar-refractivity contribution >= 4 is 49.5 Å². The zero-order valence-corrected chi connectivity index (χ0v) is 35.3. The second-order valence-corrected chi connectivity index (χ2v) is 18.2. The molecule has 3 aromatic carbocycles. The van der Waals surface area contributed by atoms with Crippen molar-refractivity contribution in [3.8, 4) is 11.5 Å². The van der Waals surface area contributed by atoms with Crippen molar-refractivity contribution in [2.24, 2.45) is 5.92 Å². The molecule has 1 amide bonds.